The first-order valence-electron chi connectivity index (χ1n) is 8.83. The number of nitrogens with zero attached hydrogens (tertiary/aromatic N) is 1. The van der Waals surface area contributed by atoms with Crippen molar-refractivity contribution in [1.29, 1.82) is 0 Å². The van der Waals surface area contributed by atoms with Crippen molar-refractivity contribution in [3.63, 3.8) is 0 Å². The van der Waals surface area contributed by atoms with Gasteiger partial charge in [-0.3, -0.25) is 14.5 Å². The normalized spacial score (nSPS) is 19.9. The van der Waals surface area contributed by atoms with Crippen LogP contribution in [0.3, 0.4) is 0 Å². The van der Waals surface area contributed by atoms with Gasteiger partial charge in [0.05, 0.1) is 11.4 Å². The zero-order chi connectivity index (χ0) is 19.0. The number of halogens is 2. The van der Waals surface area contributed by atoms with E-state index in [2.05, 4.69) is 5.32 Å². The van der Waals surface area contributed by atoms with E-state index < -0.39 is 17.0 Å². The molecule has 1 atom stereocenters. The molecule has 1 saturated heterocycles. The van der Waals surface area contributed by atoms with E-state index in [-0.39, 0.29) is 29.2 Å². The van der Waals surface area contributed by atoms with Gasteiger partial charge >= 0.3 is 0 Å². The monoisotopic (exact) mass is 388 g/mol. The molecule has 1 N–H and O–H groups in total. The lowest BCUT2D eigenvalue weighted by atomic mass is 9.85. The summed E-state index contributed by atoms with van der Waals surface area (Å²) < 4.78 is 27.6. The molecule has 0 radical (unpaired) electrons. The van der Waals surface area contributed by atoms with Gasteiger partial charge in [0.15, 0.2) is 0 Å². The van der Waals surface area contributed by atoms with Gasteiger partial charge in [-0.1, -0.05) is 24.6 Å². The quantitative estimate of drug-likeness (QED) is 0.840. The summed E-state index contributed by atoms with van der Waals surface area (Å²) >= 11 is 1.35. The first kappa shape index (κ1) is 18.0. The van der Waals surface area contributed by atoms with E-state index in [0.29, 0.717) is 5.69 Å². The molecule has 1 aliphatic carbocycles. The SMILES string of the molecule is O=C(Nc1ccccc1[C@@H]1SCC(=O)N1c1ccc(F)cc1F)C1CCC1. The molecule has 0 unspecified atom stereocenters. The summed E-state index contributed by atoms with van der Waals surface area (Å²) in [6.07, 6.45) is 2.83. The van der Waals surface area contributed by atoms with Crippen molar-refractivity contribution in [2.45, 2.75) is 24.6 Å². The highest BCUT2D eigenvalue weighted by atomic mass is 32.2. The van der Waals surface area contributed by atoms with Crippen LogP contribution in [-0.2, 0) is 9.59 Å². The molecule has 2 amide bonds. The molecule has 4 nitrogen and oxygen atoms in total. The lowest BCUT2D eigenvalue weighted by Crippen LogP contribution is -2.31. The van der Waals surface area contributed by atoms with E-state index in [1.807, 2.05) is 18.2 Å². The van der Waals surface area contributed by atoms with Crippen molar-refractivity contribution < 1.29 is 18.4 Å². The topological polar surface area (TPSA) is 49.4 Å². The fraction of sp³-hybridized carbons (Fsp3) is 0.300. The second-order valence-corrected chi connectivity index (χ2v) is 7.80. The van der Waals surface area contributed by atoms with E-state index in [0.717, 1.165) is 37.0 Å². The van der Waals surface area contributed by atoms with E-state index in [1.54, 1.807) is 6.07 Å². The van der Waals surface area contributed by atoms with Crippen LogP contribution in [0.1, 0.15) is 30.2 Å². The molecule has 1 saturated carbocycles. The molecule has 7 heteroatoms. The van der Waals surface area contributed by atoms with E-state index in [4.69, 9.17) is 0 Å². The van der Waals surface area contributed by atoms with Gasteiger partial charge in [0.2, 0.25) is 11.8 Å². The predicted octanol–water partition coefficient (Wildman–Crippen LogP) is 4.48. The van der Waals surface area contributed by atoms with Gasteiger partial charge in [0, 0.05) is 23.2 Å². The van der Waals surface area contributed by atoms with Gasteiger partial charge in [-0.2, -0.15) is 0 Å². The predicted molar refractivity (Wildman–Crippen MR) is 101 cm³/mol. The van der Waals surface area contributed by atoms with Gasteiger partial charge in [0.25, 0.3) is 0 Å². The number of hydrogen-bond donors (Lipinski definition) is 1. The first-order chi connectivity index (χ1) is 13.0. The summed E-state index contributed by atoms with van der Waals surface area (Å²) in [5.41, 5.74) is 1.38. The number of carbonyl (C=O) groups is 2. The second kappa shape index (κ2) is 7.31. The van der Waals surface area contributed by atoms with Crippen LogP contribution in [0, 0.1) is 17.6 Å². The molecule has 27 heavy (non-hydrogen) atoms. The molecular formula is C20H18F2N2O2S. The summed E-state index contributed by atoms with van der Waals surface area (Å²) in [5, 5.41) is 2.47. The van der Waals surface area contributed by atoms with Gasteiger partial charge < -0.3 is 5.32 Å². The highest BCUT2D eigenvalue weighted by Gasteiger charge is 2.37. The van der Waals surface area contributed by atoms with Crippen molar-refractivity contribution >= 4 is 35.0 Å². The van der Waals surface area contributed by atoms with E-state index >= 15 is 0 Å². The van der Waals surface area contributed by atoms with Crippen LogP contribution < -0.4 is 10.2 Å². The largest absolute Gasteiger partial charge is 0.325 e. The molecule has 1 heterocycles. The summed E-state index contributed by atoms with van der Waals surface area (Å²) in [4.78, 5) is 26.2. The fourth-order valence-corrected chi connectivity index (χ4v) is 4.53. The molecule has 2 aromatic carbocycles. The number of thioether (sulfide) groups is 1. The van der Waals surface area contributed by atoms with Crippen LogP contribution in [0.15, 0.2) is 42.5 Å². The maximum atomic E-state index is 14.3. The minimum atomic E-state index is -0.785. The molecule has 1 aliphatic heterocycles. The first-order valence-corrected chi connectivity index (χ1v) is 9.88. The molecule has 0 aromatic heterocycles. The van der Waals surface area contributed by atoms with Crippen LogP contribution in [0.4, 0.5) is 20.2 Å². The molecule has 4 rings (SSSR count). The number of hydrogen-bond acceptors (Lipinski definition) is 3. The average molecular weight is 388 g/mol. The Bertz CT molecular complexity index is 901. The van der Waals surface area contributed by atoms with Crippen LogP contribution >= 0.6 is 11.8 Å². The van der Waals surface area contributed by atoms with Gasteiger partial charge in [-0.25, -0.2) is 8.78 Å². The lowest BCUT2D eigenvalue weighted by molar-refractivity contribution is -0.122. The zero-order valence-corrected chi connectivity index (χ0v) is 15.3. The number of para-hydroxylation sites is 1. The number of benzene rings is 2. The van der Waals surface area contributed by atoms with Gasteiger partial charge in [0.1, 0.15) is 17.0 Å². The lowest BCUT2D eigenvalue weighted by Gasteiger charge is -2.28. The third kappa shape index (κ3) is 3.43. The van der Waals surface area contributed by atoms with Crippen LogP contribution in [0.5, 0.6) is 0 Å². The maximum Gasteiger partial charge on any atom is 0.238 e. The minimum absolute atomic E-state index is 0.0254. The number of rotatable bonds is 4. The van der Waals surface area contributed by atoms with Crippen LogP contribution in [0.2, 0.25) is 0 Å². The highest BCUT2D eigenvalue weighted by Crippen LogP contribution is 2.45. The Balaban J connectivity index is 1.67. The standard InChI is InChI=1S/C20H18F2N2O2S/c21-13-8-9-17(15(22)10-13)24-18(25)11-27-20(24)14-6-1-2-7-16(14)23-19(26)12-4-3-5-12/h1-2,6-10,12,20H,3-5,11H2,(H,23,26)/t20-/m0/s1. The van der Waals surface area contributed by atoms with Crippen LogP contribution in [-0.4, -0.2) is 17.6 Å². The van der Waals surface area contributed by atoms with E-state index in [9.17, 15) is 18.4 Å². The molecule has 2 aliphatic rings. The smallest absolute Gasteiger partial charge is 0.238 e. The number of anilines is 2. The third-order valence-electron chi connectivity index (χ3n) is 5.00. The van der Waals surface area contributed by atoms with E-state index in [1.165, 1.54) is 22.7 Å². The molecule has 2 aromatic rings. The molecule has 2 fully saturated rings. The molecule has 140 valence electrons. The van der Waals surface area contributed by atoms with Crippen LogP contribution in [0.25, 0.3) is 0 Å². The highest BCUT2D eigenvalue weighted by molar-refractivity contribution is 8.00. The summed E-state index contributed by atoms with van der Waals surface area (Å²) in [7, 11) is 0. The second-order valence-electron chi connectivity index (χ2n) is 6.73. The Morgan fingerprint density at radius 3 is 2.63 bits per heavy atom. The van der Waals surface area contributed by atoms with Gasteiger partial charge in [-0.05, 0) is 31.0 Å². The molecule has 0 spiro atoms. The van der Waals surface area contributed by atoms with Crippen molar-refractivity contribution in [1.82, 2.24) is 0 Å². The molecular weight excluding hydrogens is 370 g/mol. The van der Waals surface area contributed by atoms with Crippen molar-refractivity contribution in [3.05, 3.63) is 59.7 Å². The zero-order valence-electron chi connectivity index (χ0n) is 14.5. The fourth-order valence-electron chi connectivity index (χ4n) is 3.32. The Kier molecular flexibility index (Phi) is 4.86. The number of amides is 2. The number of carbonyl (C=O) groups excluding carboxylic acids is 2. The van der Waals surface area contributed by atoms with Crippen molar-refractivity contribution in [2.24, 2.45) is 5.92 Å². The summed E-state index contributed by atoms with van der Waals surface area (Å²) in [6, 6.07) is 10.4. The molecule has 0 bridgehead atoms. The average Bonchev–Trinajstić information content (AvgIpc) is 2.95. The maximum absolute atomic E-state index is 14.3. The number of nitrogens with one attached hydrogen (secondary N) is 1. The minimum Gasteiger partial charge on any atom is -0.325 e. The summed E-state index contributed by atoms with van der Waals surface area (Å²) in [6.45, 7) is 0. The Morgan fingerprint density at radius 2 is 1.93 bits per heavy atom. The summed E-state index contributed by atoms with van der Waals surface area (Å²) in [5.74, 6) is -1.54. The Hall–Kier alpha value is -2.41. The third-order valence-corrected chi connectivity index (χ3v) is 6.19. The Morgan fingerprint density at radius 1 is 1.15 bits per heavy atom. The Labute approximate surface area is 159 Å². The van der Waals surface area contributed by atoms with Crippen molar-refractivity contribution in [2.75, 3.05) is 16.0 Å². The van der Waals surface area contributed by atoms with Crippen molar-refractivity contribution in [3.8, 4) is 0 Å². The van der Waals surface area contributed by atoms with Gasteiger partial charge in [-0.15, -0.1) is 11.8 Å².